The number of rotatable bonds is 18. The number of esters is 1. The molecule has 0 bridgehead atoms. The van der Waals surface area contributed by atoms with E-state index in [-0.39, 0.29) is 79.3 Å². The minimum atomic E-state index is -0.661. The van der Waals surface area contributed by atoms with E-state index in [1.54, 1.807) is 0 Å². The van der Waals surface area contributed by atoms with E-state index >= 15 is 0 Å². The predicted molar refractivity (Wildman–Crippen MR) is 234 cm³/mol. The summed E-state index contributed by atoms with van der Waals surface area (Å²) >= 11 is 0. The first-order valence-electron chi connectivity index (χ1n) is 22.8. The Morgan fingerprint density at radius 1 is 0.695 bits per heavy atom. The Morgan fingerprint density at radius 3 is 1.81 bits per heavy atom. The first-order chi connectivity index (χ1) is 28.8. The predicted octanol–water partition coefficient (Wildman–Crippen LogP) is 7.80. The van der Waals surface area contributed by atoms with Crippen molar-refractivity contribution in [3.63, 3.8) is 0 Å². The van der Waals surface area contributed by atoms with Crippen molar-refractivity contribution in [2.24, 2.45) is 23.7 Å². The molecule has 2 saturated carbocycles. The minimum absolute atomic E-state index is 0.0142. The summed E-state index contributed by atoms with van der Waals surface area (Å²) in [5.41, 5.74) is 2.67. The molecule has 326 valence electrons. The fraction of sp³-hybridized carbons (Fsp3) is 0.717. The van der Waals surface area contributed by atoms with Crippen molar-refractivity contribution in [3.05, 3.63) is 71.8 Å². The fourth-order valence-electron chi connectivity index (χ4n) is 10.6. The summed E-state index contributed by atoms with van der Waals surface area (Å²) in [6, 6.07) is 21.1. The highest BCUT2D eigenvalue weighted by molar-refractivity contribution is 7.92. The van der Waals surface area contributed by atoms with E-state index in [4.69, 9.17) is 33.1 Å². The van der Waals surface area contributed by atoms with Gasteiger partial charge in [-0.3, -0.25) is 4.79 Å². The number of benzene rings is 2. The maximum Gasteiger partial charge on any atom is 0.336 e. The maximum atomic E-state index is 11.9. The van der Waals surface area contributed by atoms with E-state index in [2.05, 4.69) is 72.8 Å². The summed E-state index contributed by atoms with van der Waals surface area (Å²) in [5, 5.41) is 20.3. The molecule has 6 aliphatic rings. The van der Waals surface area contributed by atoms with Crippen LogP contribution in [0.4, 0.5) is 0 Å². The second-order valence-electron chi connectivity index (χ2n) is 17.7. The molecule has 10 nitrogen and oxygen atoms in total. The third-order valence-corrected chi connectivity index (χ3v) is 13.9. The Balaban J connectivity index is 0.000000180. The number of ether oxygens (including phenoxy) is 6. The Hall–Kier alpha value is -1.49. The standard InChI is InChI=1S/C23H35BO5P2.C23H34O5/c25-22-14-19-18(21(29-24(30)31)15-20(19)28-22)12-11-17(27-23-8-4-5-13-26-23)10-9-16-6-2-1-3-7-16;24-20-15-21-19(14-22(25)28-21)18(20)12-11-17(27-23-8-4-5-13-26-23)10-9-16-6-2-1-3-7-16/h1-3,6-7,17-21,23H,4-5,8-15,30-31H2;1-3,6-7,17-25H,4-5,8-15H2/t17-,18+,19+,20-,21+,23?;17-,18+,19+,20+,21-,22?,23?/m00/s1. The molecule has 59 heavy (non-hydrogen) atoms. The molecule has 8 rings (SSSR count). The molecule has 13 heteroatoms. The summed E-state index contributed by atoms with van der Waals surface area (Å²) in [6.45, 7) is 1.58. The van der Waals surface area contributed by atoms with Gasteiger partial charge in [-0.15, -0.1) is 18.2 Å². The Morgan fingerprint density at radius 2 is 1.27 bits per heavy atom. The van der Waals surface area contributed by atoms with Gasteiger partial charge < -0.3 is 43.3 Å². The molecule has 0 radical (unpaired) electrons. The van der Waals surface area contributed by atoms with Crippen molar-refractivity contribution in [3.8, 4) is 0 Å². The van der Waals surface area contributed by atoms with Crippen LogP contribution in [-0.2, 0) is 50.7 Å². The van der Waals surface area contributed by atoms with Gasteiger partial charge in [0.15, 0.2) is 18.9 Å². The zero-order valence-corrected chi connectivity index (χ0v) is 37.1. The zero-order valence-electron chi connectivity index (χ0n) is 34.8. The number of aryl methyl sites for hydroxylation is 2. The molecule has 0 aromatic heterocycles. The van der Waals surface area contributed by atoms with Gasteiger partial charge in [-0.2, -0.15) is 0 Å². The van der Waals surface area contributed by atoms with Crippen LogP contribution in [0.15, 0.2) is 60.7 Å². The summed E-state index contributed by atoms with van der Waals surface area (Å²) in [6.07, 6.45) is 16.1. The van der Waals surface area contributed by atoms with Gasteiger partial charge in [0.05, 0.1) is 30.8 Å². The van der Waals surface area contributed by atoms with Gasteiger partial charge in [0.2, 0.25) is 0 Å². The van der Waals surface area contributed by atoms with Crippen molar-refractivity contribution < 1.29 is 48.1 Å². The fourth-order valence-corrected chi connectivity index (χ4v) is 11.0. The monoisotopic (exact) mass is 854 g/mol. The average Bonchev–Trinajstić information content (AvgIpc) is 3.96. The van der Waals surface area contributed by atoms with Crippen molar-refractivity contribution in [1.82, 2.24) is 0 Å². The van der Waals surface area contributed by atoms with Crippen molar-refractivity contribution in [1.29, 1.82) is 0 Å². The Labute approximate surface area is 357 Å². The third-order valence-electron chi connectivity index (χ3n) is 13.6. The van der Waals surface area contributed by atoms with E-state index in [0.29, 0.717) is 25.2 Å². The van der Waals surface area contributed by atoms with Crippen molar-refractivity contribution >= 4 is 30.6 Å². The van der Waals surface area contributed by atoms with Gasteiger partial charge in [-0.1, -0.05) is 60.7 Å². The molecular weight excluding hydrogens is 785 g/mol. The second-order valence-corrected chi connectivity index (χ2v) is 19.8. The molecular formula is C46H69BO10P2. The number of hydrogen-bond acceptors (Lipinski definition) is 10. The lowest BCUT2D eigenvalue weighted by molar-refractivity contribution is -0.191. The number of aliphatic hydroxyl groups excluding tert-OH is 2. The van der Waals surface area contributed by atoms with Crippen LogP contribution in [0.1, 0.15) is 114 Å². The molecule has 4 aliphatic heterocycles. The van der Waals surface area contributed by atoms with Crippen LogP contribution in [0.25, 0.3) is 0 Å². The summed E-state index contributed by atoms with van der Waals surface area (Å²) in [5.74, 6) is 1.00. The molecule has 2 aliphatic carbocycles. The third kappa shape index (κ3) is 13.8. The number of aliphatic hydroxyl groups is 2. The molecule has 2 N–H and O–H groups in total. The summed E-state index contributed by atoms with van der Waals surface area (Å²) < 4.78 is 41.8. The Kier molecular flexibility index (Phi) is 18.0. The first kappa shape index (κ1) is 45.5. The van der Waals surface area contributed by atoms with Gasteiger partial charge in [-0.25, -0.2) is 0 Å². The maximum absolute atomic E-state index is 11.9. The van der Waals surface area contributed by atoms with E-state index in [0.717, 1.165) is 103 Å². The van der Waals surface area contributed by atoms with Gasteiger partial charge in [0, 0.05) is 44.5 Å². The molecule has 4 saturated heterocycles. The summed E-state index contributed by atoms with van der Waals surface area (Å²) in [4.78, 5) is 11.9. The van der Waals surface area contributed by atoms with E-state index in [9.17, 15) is 15.0 Å². The van der Waals surface area contributed by atoms with E-state index in [1.807, 2.05) is 6.07 Å². The van der Waals surface area contributed by atoms with Crippen molar-refractivity contribution in [2.45, 2.75) is 171 Å². The minimum Gasteiger partial charge on any atom is -0.462 e. The molecule has 6 fully saturated rings. The zero-order chi connectivity index (χ0) is 41.0. The van der Waals surface area contributed by atoms with E-state index in [1.165, 1.54) is 17.5 Å². The topological polar surface area (TPSA) is 122 Å². The largest absolute Gasteiger partial charge is 0.462 e. The normalized spacial score (nSPS) is 33.7. The lowest BCUT2D eigenvalue weighted by Gasteiger charge is -2.30. The van der Waals surface area contributed by atoms with Gasteiger partial charge in [-0.05, 0) is 119 Å². The summed E-state index contributed by atoms with van der Waals surface area (Å²) in [7, 11) is 5.38. The molecule has 5 unspecified atom stereocenters. The molecule has 0 amide bonds. The van der Waals surface area contributed by atoms with Crippen LogP contribution in [0.2, 0.25) is 0 Å². The van der Waals surface area contributed by atoms with E-state index < -0.39 is 6.29 Å². The van der Waals surface area contributed by atoms with Gasteiger partial charge in [0.25, 0.3) is 0 Å². The quantitative estimate of drug-likeness (QED) is 0.0874. The smallest absolute Gasteiger partial charge is 0.336 e. The van der Waals surface area contributed by atoms with Crippen molar-refractivity contribution in [2.75, 3.05) is 13.2 Å². The first-order valence-corrected chi connectivity index (χ1v) is 24.1. The van der Waals surface area contributed by atoms with Gasteiger partial charge >= 0.3 is 12.3 Å². The number of fused-ring (bicyclic) bond motifs is 2. The highest BCUT2D eigenvalue weighted by Crippen LogP contribution is 2.47. The van der Waals surface area contributed by atoms with Crippen LogP contribution in [0.3, 0.4) is 0 Å². The highest BCUT2D eigenvalue weighted by atomic mass is 31.1. The second kappa shape index (κ2) is 23.3. The molecule has 15 atom stereocenters. The number of carbonyl (C=O) groups excluding carboxylic acids is 1. The van der Waals surface area contributed by atoms with Crippen LogP contribution in [0, 0.1) is 23.7 Å². The van der Waals surface area contributed by atoms with Crippen LogP contribution in [0.5, 0.6) is 0 Å². The average molecular weight is 855 g/mol. The highest BCUT2D eigenvalue weighted by Gasteiger charge is 2.51. The lowest BCUT2D eigenvalue weighted by Crippen LogP contribution is -2.30. The lowest BCUT2D eigenvalue weighted by atomic mass is 9.86. The SMILES string of the molecule is O=C1C[C@@H]2[C@@H](CC[C@H](CCc3ccccc3)OC3CCCCO3)[C@H](OB(P)P)C[C@@H]2O1.OC1C[C@@H]2[C@@H](CC[C@H](CCc3ccccc3)OC3CCCCO3)[C@H](O)C[C@@H]2O1. The number of carbonyl (C=O) groups is 1. The van der Waals surface area contributed by atoms with Crippen LogP contribution in [-0.4, -0.2) is 91.2 Å². The van der Waals surface area contributed by atoms with Crippen LogP contribution < -0.4 is 0 Å². The molecule has 4 heterocycles. The molecule has 2 aromatic rings. The molecule has 0 spiro atoms. The Bertz CT molecular complexity index is 1520. The van der Waals surface area contributed by atoms with Crippen LogP contribution >= 0.6 is 18.2 Å². The van der Waals surface area contributed by atoms with Gasteiger partial charge in [0.1, 0.15) is 6.10 Å². The number of hydrogen-bond donors (Lipinski definition) is 2. The molecule has 2 aromatic carbocycles.